The second-order valence-electron chi connectivity index (χ2n) is 5.78. The molecule has 3 heteroatoms. The topological polar surface area (TPSA) is 30.7 Å². The Bertz CT molecular complexity index is 791. The molecule has 4 rings (SSSR count). The quantitative estimate of drug-likeness (QED) is 0.571. The maximum Gasteiger partial charge on any atom is 0.126 e. The molecule has 2 aromatic heterocycles. The first-order valence-corrected chi connectivity index (χ1v) is 7.48. The summed E-state index contributed by atoms with van der Waals surface area (Å²) in [5.41, 5.74) is 3.33. The highest BCUT2D eigenvalue weighted by Crippen LogP contribution is 2.25. The summed E-state index contributed by atoms with van der Waals surface area (Å²) in [6.07, 6.45) is 9.01. The highest BCUT2D eigenvalue weighted by molar-refractivity contribution is 6.05. The van der Waals surface area contributed by atoms with Crippen LogP contribution in [0.15, 0.2) is 42.6 Å². The van der Waals surface area contributed by atoms with E-state index in [-0.39, 0.29) is 0 Å². The van der Waals surface area contributed by atoms with Gasteiger partial charge in [-0.3, -0.25) is 0 Å². The molecule has 0 N–H and O–H groups in total. The van der Waals surface area contributed by atoms with Crippen molar-refractivity contribution >= 4 is 21.9 Å². The normalized spacial score (nSPS) is 14.6. The lowest BCUT2D eigenvalue weighted by Crippen LogP contribution is -1.90. The summed E-state index contributed by atoms with van der Waals surface area (Å²) in [5, 5.41) is 1.19. The molecule has 3 nitrogen and oxygen atoms in total. The van der Waals surface area contributed by atoms with Crippen molar-refractivity contribution in [2.45, 2.75) is 26.7 Å². The average Bonchev–Trinajstić information content (AvgIpc) is 3.07. The Kier molecular flexibility index (Phi) is 3.74. The zero-order valence-corrected chi connectivity index (χ0v) is 12.9. The molecule has 2 heterocycles. The van der Waals surface area contributed by atoms with E-state index in [1.54, 1.807) is 0 Å². The van der Waals surface area contributed by atoms with Gasteiger partial charge in [0.2, 0.25) is 0 Å². The highest BCUT2D eigenvalue weighted by atomic mass is 15.0. The minimum absolute atomic E-state index is 0.818. The summed E-state index contributed by atoms with van der Waals surface area (Å²) in [6, 6.07) is 8.29. The van der Waals surface area contributed by atoms with Gasteiger partial charge < -0.3 is 4.57 Å². The number of hydrogen-bond acceptors (Lipinski definition) is 2. The molecule has 0 bridgehead atoms. The fourth-order valence-electron chi connectivity index (χ4n) is 2.76. The number of para-hydroxylation sites is 1. The molecule has 0 saturated heterocycles. The molecule has 0 atom stereocenters. The van der Waals surface area contributed by atoms with Crippen molar-refractivity contribution in [3.63, 3.8) is 0 Å². The van der Waals surface area contributed by atoms with Crippen LogP contribution in [0, 0.1) is 12.8 Å². The first-order valence-electron chi connectivity index (χ1n) is 7.48. The standard InChI is InChI=1S/C12H11N3.C6H10/c1-8-13-7-11-12(14-8)9-5-3-4-6-10(9)15(11)2;1-6-4-2-3-5-6/h3-7H,1-2H3;2-3,6H,4-5H2,1H3. The van der Waals surface area contributed by atoms with Crippen LogP contribution in [0.2, 0.25) is 0 Å². The lowest BCUT2D eigenvalue weighted by Gasteiger charge is -1.95. The molecule has 1 aliphatic rings. The van der Waals surface area contributed by atoms with Crippen molar-refractivity contribution < 1.29 is 0 Å². The van der Waals surface area contributed by atoms with Gasteiger partial charge in [-0.25, -0.2) is 9.97 Å². The molecular formula is C18H21N3. The third-order valence-corrected chi connectivity index (χ3v) is 4.02. The lowest BCUT2D eigenvalue weighted by atomic mass is 10.1. The molecule has 0 spiro atoms. The SMILES string of the molecule is CC1CC=CC1.Cc1ncc2c(n1)c1ccccc1n2C. The Morgan fingerprint density at radius 2 is 1.81 bits per heavy atom. The average molecular weight is 279 g/mol. The minimum Gasteiger partial charge on any atom is -0.341 e. The molecule has 0 fully saturated rings. The van der Waals surface area contributed by atoms with E-state index in [1.165, 1.54) is 23.7 Å². The molecule has 1 aliphatic carbocycles. The maximum atomic E-state index is 4.49. The molecule has 3 aromatic rings. The fourth-order valence-corrected chi connectivity index (χ4v) is 2.76. The van der Waals surface area contributed by atoms with Gasteiger partial charge in [-0.1, -0.05) is 37.3 Å². The third kappa shape index (κ3) is 2.68. The Morgan fingerprint density at radius 1 is 1.10 bits per heavy atom. The van der Waals surface area contributed by atoms with E-state index in [0.717, 1.165) is 22.8 Å². The molecule has 21 heavy (non-hydrogen) atoms. The largest absolute Gasteiger partial charge is 0.341 e. The van der Waals surface area contributed by atoms with E-state index in [1.807, 2.05) is 32.3 Å². The van der Waals surface area contributed by atoms with Gasteiger partial charge in [0.15, 0.2) is 0 Å². The van der Waals surface area contributed by atoms with E-state index < -0.39 is 0 Å². The number of fused-ring (bicyclic) bond motifs is 3. The second-order valence-corrected chi connectivity index (χ2v) is 5.78. The summed E-state index contributed by atoms with van der Waals surface area (Å²) in [5.74, 6) is 1.75. The lowest BCUT2D eigenvalue weighted by molar-refractivity contribution is 0.638. The third-order valence-electron chi connectivity index (χ3n) is 4.02. The number of rotatable bonds is 0. The van der Waals surface area contributed by atoms with Crippen LogP contribution in [0.25, 0.3) is 21.9 Å². The van der Waals surface area contributed by atoms with Gasteiger partial charge in [0.25, 0.3) is 0 Å². The van der Waals surface area contributed by atoms with Gasteiger partial charge in [0, 0.05) is 12.4 Å². The highest BCUT2D eigenvalue weighted by Gasteiger charge is 2.08. The van der Waals surface area contributed by atoms with Crippen LogP contribution >= 0.6 is 0 Å². The van der Waals surface area contributed by atoms with Crippen molar-refractivity contribution in [2.24, 2.45) is 13.0 Å². The van der Waals surface area contributed by atoms with Gasteiger partial charge in [0.1, 0.15) is 5.82 Å². The molecule has 1 aromatic carbocycles. The first-order chi connectivity index (χ1) is 10.2. The number of aryl methyl sites for hydroxylation is 2. The van der Waals surface area contributed by atoms with Gasteiger partial charge in [-0.15, -0.1) is 0 Å². The van der Waals surface area contributed by atoms with Crippen molar-refractivity contribution in [2.75, 3.05) is 0 Å². The number of benzene rings is 1. The van der Waals surface area contributed by atoms with Gasteiger partial charge in [-0.2, -0.15) is 0 Å². The summed E-state index contributed by atoms with van der Waals surface area (Å²) in [4.78, 5) is 8.72. The Labute approximate surface area is 125 Å². The molecule has 0 saturated carbocycles. The van der Waals surface area contributed by atoms with Crippen LogP contribution in [0.5, 0.6) is 0 Å². The van der Waals surface area contributed by atoms with Crippen LogP contribution < -0.4 is 0 Å². The fraction of sp³-hybridized carbons (Fsp3) is 0.333. The van der Waals surface area contributed by atoms with Gasteiger partial charge >= 0.3 is 0 Å². The molecular weight excluding hydrogens is 258 g/mol. The molecule has 0 aliphatic heterocycles. The molecule has 0 amide bonds. The summed E-state index contributed by atoms with van der Waals surface area (Å²) in [6.45, 7) is 4.20. The Morgan fingerprint density at radius 3 is 2.48 bits per heavy atom. The summed E-state index contributed by atoms with van der Waals surface area (Å²) >= 11 is 0. The molecule has 0 unspecified atom stereocenters. The second kappa shape index (κ2) is 5.68. The first kappa shape index (κ1) is 13.8. The Balaban J connectivity index is 0.000000186. The van der Waals surface area contributed by atoms with Crippen molar-refractivity contribution in [1.82, 2.24) is 14.5 Å². The van der Waals surface area contributed by atoms with E-state index >= 15 is 0 Å². The van der Waals surface area contributed by atoms with Crippen molar-refractivity contribution in [3.8, 4) is 0 Å². The predicted molar refractivity (Wildman–Crippen MR) is 88.3 cm³/mol. The monoisotopic (exact) mass is 279 g/mol. The van der Waals surface area contributed by atoms with E-state index in [4.69, 9.17) is 0 Å². The van der Waals surface area contributed by atoms with Gasteiger partial charge in [-0.05, 0) is 31.7 Å². The zero-order chi connectivity index (χ0) is 14.8. The van der Waals surface area contributed by atoms with Crippen LogP contribution in [0.1, 0.15) is 25.6 Å². The molecule has 0 radical (unpaired) electrons. The number of nitrogens with zero attached hydrogens (tertiary/aromatic N) is 3. The van der Waals surface area contributed by atoms with E-state index in [0.29, 0.717) is 0 Å². The number of hydrogen-bond donors (Lipinski definition) is 0. The minimum atomic E-state index is 0.818. The van der Waals surface area contributed by atoms with Gasteiger partial charge in [0.05, 0.1) is 22.7 Å². The van der Waals surface area contributed by atoms with Crippen molar-refractivity contribution in [1.29, 1.82) is 0 Å². The van der Waals surface area contributed by atoms with Crippen LogP contribution in [-0.2, 0) is 7.05 Å². The smallest absolute Gasteiger partial charge is 0.126 e. The van der Waals surface area contributed by atoms with Crippen LogP contribution in [0.4, 0.5) is 0 Å². The Hall–Kier alpha value is -2.16. The van der Waals surface area contributed by atoms with Crippen molar-refractivity contribution in [3.05, 3.63) is 48.4 Å². The number of allylic oxidation sites excluding steroid dienone is 2. The number of aromatic nitrogens is 3. The predicted octanol–water partition coefficient (Wildman–Crippen LogP) is 4.40. The van der Waals surface area contributed by atoms with Crippen LogP contribution in [-0.4, -0.2) is 14.5 Å². The van der Waals surface area contributed by atoms with E-state index in [9.17, 15) is 0 Å². The summed E-state index contributed by atoms with van der Waals surface area (Å²) in [7, 11) is 2.04. The van der Waals surface area contributed by atoms with E-state index in [2.05, 4.69) is 45.7 Å². The van der Waals surface area contributed by atoms with Crippen LogP contribution in [0.3, 0.4) is 0 Å². The zero-order valence-electron chi connectivity index (χ0n) is 12.9. The summed E-state index contributed by atoms with van der Waals surface area (Å²) < 4.78 is 2.13. The molecule has 108 valence electrons. The maximum absolute atomic E-state index is 4.49.